The first-order valence-corrected chi connectivity index (χ1v) is 7.71. The summed E-state index contributed by atoms with van der Waals surface area (Å²) in [5, 5.41) is 4.41. The van der Waals surface area contributed by atoms with Crippen molar-refractivity contribution in [1.29, 1.82) is 0 Å². The van der Waals surface area contributed by atoms with Gasteiger partial charge in [-0.15, -0.1) is 5.10 Å². The Morgan fingerprint density at radius 3 is 3.10 bits per heavy atom. The normalized spacial score (nSPS) is 17.0. The first-order chi connectivity index (χ1) is 10.1. The Labute approximate surface area is 134 Å². The molecule has 110 valence electrons. The molecule has 5 nitrogen and oxygen atoms in total. The van der Waals surface area contributed by atoms with Gasteiger partial charge in [-0.2, -0.15) is 0 Å². The van der Waals surface area contributed by atoms with Gasteiger partial charge >= 0.3 is 5.97 Å². The van der Waals surface area contributed by atoms with Crippen LogP contribution in [0.3, 0.4) is 0 Å². The van der Waals surface area contributed by atoms with Gasteiger partial charge in [0.1, 0.15) is 29.0 Å². The molecule has 0 aliphatic carbocycles. The van der Waals surface area contributed by atoms with E-state index in [0.717, 1.165) is 22.8 Å². The fourth-order valence-electron chi connectivity index (χ4n) is 2.05. The molecule has 21 heavy (non-hydrogen) atoms. The molecule has 0 unspecified atom stereocenters. The van der Waals surface area contributed by atoms with Gasteiger partial charge in [0.05, 0.1) is 5.92 Å². The summed E-state index contributed by atoms with van der Waals surface area (Å²) in [7, 11) is 0. The van der Waals surface area contributed by atoms with E-state index in [2.05, 4.69) is 9.59 Å². The minimum absolute atomic E-state index is 0.0209. The average Bonchev–Trinajstić information content (AvgIpc) is 2.89. The van der Waals surface area contributed by atoms with E-state index in [-0.39, 0.29) is 25.1 Å². The van der Waals surface area contributed by atoms with Gasteiger partial charge in [0, 0.05) is 16.6 Å². The van der Waals surface area contributed by atoms with Crippen molar-refractivity contribution in [3.05, 3.63) is 38.8 Å². The molecule has 1 aliphatic rings. The lowest BCUT2D eigenvalue weighted by Gasteiger charge is -2.24. The zero-order valence-corrected chi connectivity index (χ0v) is 13.0. The summed E-state index contributed by atoms with van der Waals surface area (Å²) in [5.41, 5.74) is 1.37. The Balaban J connectivity index is 1.63. The summed E-state index contributed by atoms with van der Waals surface area (Å²) in [5.74, 6) is 0.0567. The van der Waals surface area contributed by atoms with Crippen LogP contribution in [0, 0.1) is 5.92 Å². The highest BCUT2D eigenvalue weighted by atomic mass is 35.5. The summed E-state index contributed by atoms with van der Waals surface area (Å²) in [4.78, 5) is 12.1. The number of fused-ring (bicyclic) bond motifs is 1. The van der Waals surface area contributed by atoms with E-state index in [9.17, 15) is 4.79 Å². The van der Waals surface area contributed by atoms with Crippen molar-refractivity contribution in [2.45, 2.75) is 13.0 Å². The van der Waals surface area contributed by atoms with Crippen molar-refractivity contribution in [3.63, 3.8) is 0 Å². The minimum Gasteiger partial charge on any atom is -0.492 e. The Kier molecular flexibility index (Phi) is 4.28. The first-order valence-electron chi connectivity index (χ1n) is 6.18. The topological polar surface area (TPSA) is 61.3 Å². The second-order valence-electron chi connectivity index (χ2n) is 4.57. The maximum Gasteiger partial charge on any atom is 0.313 e. The lowest BCUT2D eigenvalue weighted by molar-refractivity contribution is -0.151. The maximum absolute atomic E-state index is 12.1. The highest BCUT2D eigenvalue weighted by molar-refractivity contribution is 7.10. The fraction of sp³-hybridized carbons (Fsp3) is 0.308. The minimum atomic E-state index is -0.360. The third-order valence-electron chi connectivity index (χ3n) is 3.12. The lowest BCUT2D eigenvalue weighted by atomic mass is 9.97. The molecule has 1 aromatic carbocycles. The predicted molar refractivity (Wildman–Crippen MR) is 78.9 cm³/mol. The predicted octanol–water partition coefficient (Wildman–Crippen LogP) is 3.14. The number of carbonyl (C=O) groups is 1. The summed E-state index contributed by atoms with van der Waals surface area (Å²) < 4.78 is 14.9. The van der Waals surface area contributed by atoms with Gasteiger partial charge in [-0.1, -0.05) is 27.7 Å². The van der Waals surface area contributed by atoms with Crippen molar-refractivity contribution in [3.8, 4) is 5.75 Å². The van der Waals surface area contributed by atoms with E-state index in [0.29, 0.717) is 21.5 Å². The number of hydrogen-bond acceptors (Lipinski definition) is 6. The van der Waals surface area contributed by atoms with Crippen LogP contribution in [0.5, 0.6) is 5.75 Å². The lowest BCUT2D eigenvalue weighted by Crippen LogP contribution is -2.29. The summed E-state index contributed by atoms with van der Waals surface area (Å²) >= 11 is 12.9. The van der Waals surface area contributed by atoms with E-state index < -0.39 is 0 Å². The molecule has 0 N–H and O–H groups in total. The maximum atomic E-state index is 12.1. The summed E-state index contributed by atoms with van der Waals surface area (Å²) in [6.45, 7) is 0.309. The molecular formula is C13H10Cl2N2O3S. The number of hydrogen-bond donors (Lipinski definition) is 0. The van der Waals surface area contributed by atoms with Crippen LogP contribution in [0.1, 0.15) is 11.3 Å². The summed E-state index contributed by atoms with van der Waals surface area (Å²) in [6, 6.07) is 5.37. The third kappa shape index (κ3) is 3.28. The molecule has 0 spiro atoms. The largest absolute Gasteiger partial charge is 0.492 e. The van der Waals surface area contributed by atoms with Crippen LogP contribution in [-0.4, -0.2) is 22.2 Å². The van der Waals surface area contributed by atoms with Crippen LogP contribution in [-0.2, 0) is 22.6 Å². The van der Waals surface area contributed by atoms with E-state index in [1.54, 1.807) is 18.2 Å². The van der Waals surface area contributed by atoms with E-state index in [1.807, 2.05) is 0 Å². The number of nitrogens with zero attached hydrogens (tertiary/aromatic N) is 2. The SMILES string of the molecule is O=C(OCc1nnsc1Cl)[C@@H]1COc2ccc(Cl)cc2C1. The number of halogens is 2. The Hall–Kier alpha value is -1.37. The van der Waals surface area contributed by atoms with Gasteiger partial charge < -0.3 is 9.47 Å². The number of benzene rings is 1. The van der Waals surface area contributed by atoms with Crippen LogP contribution in [0.15, 0.2) is 18.2 Å². The fourth-order valence-corrected chi connectivity index (χ4v) is 2.85. The molecule has 1 aromatic heterocycles. The zero-order chi connectivity index (χ0) is 14.8. The number of aromatic nitrogens is 2. The van der Waals surface area contributed by atoms with Gasteiger partial charge in [-0.3, -0.25) is 4.79 Å². The number of carbonyl (C=O) groups excluding carboxylic acids is 1. The van der Waals surface area contributed by atoms with Gasteiger partial charge in [0.2, 0.25) is 0 Å². The molecule has 1 aliphatic heterocycles. The van der Waals surface area contributed by atoms with E-state index in [4.69, 9.17) is 32.7 Å². The van der Waals surface area contributed by atoms with E-state index in [1.165, 1.54) is 0 Å². The Morgan fingerprint density at radius 1 is 1.48 bits per heavy atom. The Morgan fingerprint density at radius 2 is 2.33 bits per heavy atom. The van der Waals surface area contributed by atoms with Crippen molar-refractivity contribution in [2.24, 2.45) is 5.92 Å². The molecule has 0 radical (unpaired) electrons. The quantitative estimate of drug-likeness (QED) is 0.800. The molecule has 1 atom stereocenters. The van der Waals surface area contributed by atoms with Gasteiger partial charge in [-0.25, -0.2) is 0 Å². The molecule has 0 saturated heterocycles. The molecule has 0 bridgehead atoms. The van der Waals surface area contributed by atoms with Crippen molar-refractivity contribution < 1.29 is 14.3 Å². The van der Waals surface area contributed by atoms with Crippen LogP contribution < -0.4 is 4.74 Å². The molecular weight excluding hydrogens is 335 g/mol. The molecule has 2 heterocycles. The first kappa shape index (κ1) is 14.6. The Bertz CT molecular complexity index is 677. The smallest absolute Gasteiger partial charge is 0.313 e. The third-order valence-corrected chi connectivity index (χ3v) is 4.34. The van der Waals surface area contributed by atoms with Crippen LogP contribution in [0.2, 0.25) is 9.36 Å². The molecule has 0 amide bonds. The molecule has 0 saturated carbocycles. The van der Waals surface area contributed by atoms with Crippen molar-refractivity contribution in [1.82, 2.24) is 9.59 Å². The molecule has 3 rings (SSSR count). The van der Waals surface area contributed by atoms with Gasteiger partial charge in [0.15, 0.2) is 0 Å². The van der Waals surface area contributed by atoms with Crippen LogP contribution >= 0.6 is 34.7 Å². The van der Waals surface area contributed by atoms with Crippen LogP contribution in [0.4, 0.5) is 0 Å². The zero-order valence-electron chi connectivity index (χ0n) is 10.7. The summed E-state index contributed by atoms with van der Waals surface area (Å²) in [6.07, 6.45) is 0.539. The highest BCUT2D eigenvalue weighted by Crippen LogP contribution is 2.30. The second kappa shape index (κ2) is 6.17. The molecule has 8 heteroatoms. The van der Waals surface area contributed by atoms with Crippen molar-refractivity contribution >= 4 is 40.7 Å². The van der Waals surface area contributed by atoms with Gasteiger partial charge in [0.25, 0.3) is 0 Å². The molecule has 2 aromatic rings. The van der Waals surface area contributed by atoms with E-state index >= 15 is 0 Å². The standard InChI is InChI=1S/C13H10Cl2N2O3S/c14-9-1-2-11-7(4-9)3-8(5-19-11)13(18)20-6-10-12(15)21-17-16-10/h1-2,4,8H,3,5-6H2/t8-/m0/s1. The molecule has 0 fully saturated rings. The number of esters is 1. The van der Waals surface area contributed by atoms with Gasteiger partial charge in [-0.05, 0) is 30.2 Å². The monoisotopic (exact) mass is 344 g/mol. The number of ether oxygens (including phenoxy) is 2. The highest BCUT2D eigenvalue weighted by Gasteiger charge is 2.27. The average molecular weight is 345 g/mol. The van der Waals surface area contributed by atoms with Crippen molar-refractivity contribution in [2.75, 3.05) is 6.61 Å². The second-order valence-corrected chi connectivity index (χ2v) is 6.36. The number of rotatable bonds is 3. The van der Waals surface area contributed by atoms with Crippen LogP contribution in [0.25, 0.3) is 0 Å².